The number of carbonyl (C=O) groups excluding carboxylic acids is 1. The summed E-state index contributed by atoms with van der Waals surface area (Å²) < 4.78 is 12.9. The van der Waals surface area contributed by atoms with E-state index in [2.05, 4.69) is 10.6 Å². The Labute approximate surface area is 109 Å². The first-order valence-electron chi connectivity index (χ1n) is 5.51. The first kappa shape index (κ1) is 12.6. The zero-order chi connectivity index (χ0) is 13.7. The van der Waals surface area contributed by atoms with E-state index in [1.807, 2.05) is 6.07 Å². The molecule has 2 N–H and O–H groups in total. The Bertz CT molecular complexity index is 649. The van der Waals surface area contributed by atoms with Crippen molar-refractivity contribution < 1.29 is 9.18 Å². The predicted molar refractivity (Wildman–Crippen MR) is 70.2 cm³/mol. The molecule has 0 fully saturated rings. The van der Waals surface area contributed by atoms with Gasteiger partial charge in [-0.1, -0.05) is 12.1 Å². The average Bonchev–Trinajstić information content (AvgIpc) is 2.38. The summed E-state index contributed by atoms with van der Waals surface area (Å²) in [5, 5.41) is 13.8. The van der Waals surface area contributed by atoms with Crippen LogP contribution in [0.25, 0.3) is 0 Å². The fourth-order valence-corrected chi connectivity index (χ4v) is 1.53. The molecule has 0 aliphatic carbocycles. The highest BCUT2D eigenvalue weighted by Gasteiger charge is 2.03. The minimum atomic E-state index is -0.499. The van der Waals surface area contributed by atoms with Crippen LogP contribution < -0.4 is 10.6 Å². The van der Waals surface area contributed by atoms with Gasteiger partial charge in [0.1, 0.15) is 5.82 Å². The number of hydrogen-bond donors (Lipinski definition) is 2. The third-order valence-electron chi connectivity index (χ3n) is 2.33. The summed E-state index contributed by atoms with van der Waals surface area (Å²) in [4.78, 5) is 11.7. The molecule has 0 aromatic heterocycles. The molecule has 2 rings (SSSR count). The molecular weight excluding hydrogens is 245 g/mol. The maximum absolute atomic E-state index is 12.9. The lowest BCUT2D eigenvalue weighted by Gasteiger charge is -2.07. The summed E-state index contributed by atoms with van der Waals surface area (Å²) in [6.45, 7) is 0. The highest BCUT2D eigenvalue weighted by atomic mass is 19.1. The van der Waals surface area contributed by atoms with Crippen LogP contribution in [-0.2, 0) is 0 Å². The number of nitriles is 1. The number of nitrogens with one attached hydrogen (secondary N) is 2. The van der Waals surface area contributed by atoms with Crippen LogP contribution in [0.2, 0.25) is 0 Å². The third kappa shape index (κ3) is 3.54. The van der Waals surface area contributed by atoms with Crippen molar-refractivity contribution in [2.45, 2.75) is 0 Å². The molecule has 2 aromatic carbocycles. The summed E-state index contributed by atoms with van der Waals surface area (Å²) in [5.74, 6) is -0.427. The van der Waals surface area contributed by atoms with Crippen LogP contribution in [0.3, 0.4) is 0 Å². The summed E-state index contributed by atoms with van der Waals surface area (Å²) in [5.41, 5.74) is 1.30. The number of anilines is 2. The van der Waals surface area contributed by atoms with Crippen molar-refractivity contribution in [3.8, 4) is 6.07 Å². The van der Waals surface area contributed by atoms with E-state index in [1.165, 1.54) is 18.2 Å². The van der Waals surface area contributed by atoms with Gasteiger partial charge < -0.3 is 10.6 Å². The molecule has 0 aliphatic rings. The van der Waals surface area contributed by atoms with E-state index < -0.39 is 11.8 Å². The van der Waals surface area contributed by atoms with Gasteiger partial charge in [-0.15, -0.1) is 0 Å². The predicted octanol–water partition coefficient (Wildman–Crippen LogP) is 3.34. The molecule has 5 heteroatoms. The Morgan fingerprint density at radius 2 is 1.68 bits per heavy atom. The molecule has 2 amide bonds. The molecule has 0 radical (unpaired) electrons. The average molecular weight is 255 g/mol. The summed E-state index contributed by atoms with van der Waals surface area (Å²) in [6.07, 6.45) is 0. The molecule has 0 bridgehead atoms. The van der Waals surface area contributed by atoms with E-state index >= 15 is 0 Å². The topological polar surface area (TPSA) is 64.9 Å². The molecule has 0 spiro atoms. The first-order chi connectivity index (χ1) is 9.17. The van der Waals surface area contributed by atoms with Gasteiger partial charge in [0.2, 0.25) is 0 Å². The van der Waals surface area contributed by atoms with Gasteiger partial charge in [-0.3, -0.25) is 0 Å². The van der Waals surface area contributed by atoms with Crippen molar-refractivity contribution >= 4 is 17.4 Å². The molecule has 0 heterocycles. The summed E-state index contributed by atoms with van der Waals surface area (Å²) in [7, 11) is 0. The third-order valence-corrected chi connectivity index (χ3v) is 2.33. The molecule has 0 saturated heterocycles. The zero-order valence-electron chi connectivity index (χ0n) is 9.85. The Morgan fingerprint density at radius 1 is 1.05 bits per heavy atom. The first-order valence-corrected chi connectivity index (χ1v) is 5.51. The monoisotopic (exact) mass is 255 g/mol. The van der Waals surface area contributed by atoms with E-state index in [4.69, 9.17) is 5.26 Å². The lowest BCUT2D eigenvalue weighted by Crippen LogP contribution is -2.19. The molecule has 0 unspecified atom stereocenters. The van der Waals surface area contributed by atoms with Gasteiger partial charge in [0.05, 0.1) is 11.6 Å². The van der Waals surface area contributed by atoms with Crippen molar-refractivity contribution in [2.24, 2.45) is 0 Å². The number of benzene rings is 2. The molecule has 94 valence electrons. The highest BCUT2D eigenvalue weighted by molar-refractivity contribution is 5.99. The molecule has 19 heavy (non-hydrogen) atoms. The molecular formula is C14H10FN3O. The van der Waals surface area contributed by atoms with Crippen LogP contribution in [0.4, 0.5) is 20.6 Å². The Balaban J connectivity index is 2.03. The minimum Gasteiger partial charge on any atom is -0.308 e. The maximum Gasteiger partial charge on any atom is 0.323 e. The fourth-order valence-electron chi connectivity index (χ4n) is 1.53. The quantitative estimate of drug-likeness (QED) is 0.864. The SMILES string of the molecule is N#Cc1cccc(NC(=O)Nc2cccc(F)c2)c1. The number of hydrogen-bond acceptors (Lipinski definition) is 2. The minimum absolute atomic E-state index is 0.355. The van der Waals surface area contributed by atoms with Gasteiger partial charge >= 0.3 is 6.03 Å². The number of urea groups is 1. The van der Waals surface area contributed by atoms with Crippen LogP contribution in [-0.4, -0.2) is 6.03 Å². The van der Waals surface area contributed by atoms with E-state index in [9.17, 15) is 9.18 Å². The van der Waals surface area contributed by atoms with Crippen molar-refractivity contribution in [3.63, 3.8) is 0 Å². The van der Waals surface area contributed by atoms with E-state index in [1.54, 1.807) is 30.3 Å². The largest absolute Gasteiger partial charge is 0.323 e. The van der Waals surface area contributed by atoms with Crippen LogP contribution in [0.15, 0.2) is 48.5 Å². The number of nitrogens with zero attached hydrogens (tertiary/aromatic N) is 1. The molecule has 0 atom stereocenters. The highest BCUT2D eigenvalue weighted by Crippen LogP contribution is 2.12. The van der Waals surface area contributed by atoms with E-state index in [0.717, 1.165) is 0 Å². The number of amides is 2. The van der Waals surface area contributed by atoms with Gasteiger partial charge in [-0.25, -0.2) is 9.18 Å². The summed E-state index contributed by atoms with van der Waals surface area (Å²) >= 11 is 0. The Morgan fingerprint density at radius 3 is 2.32 bits per heavy atom. The maximum atomic E-state index is 12.9. The number of halogens is 1. The van der Waals surface area contributed by atoms with Crippen LogP contribution in [0.1, 0.15) is 5.56 Å². The van der Waals surface area contributed by atoms with Gasteiger partial charge in [0.25, 0.3) is 0 Å². The van der Waals surface area contributed by atoms with Crippen LogP contribution in [0.5, 0.6) is 0 Å². The zero-order valence-corrected chi connectivity index (χ0v) is 9.85. The Kier molecular flexibility index (Phi) is 3.74. The van der Waals surface area contributed by atoms with Gasteiger partial charge in [0, 0.05) is 11.4 Å². The van der Waals surface area contributed by atoms with Gasteiger partial charge in [-0.2, -0.15) is 5.26 Å². The van der Waals surface area contributed by atoms with Crippen molar-refractivity contribution in [2.75, 3.05) is 10.6 Å². The van der Waals surface area contributed by atoms with Gasteiger partial charge in [-0.05, 0) is 36.4 Å². The van der Waals surface area contributed by atoms with E-state index in [-0.39, 0.29) is 0 Å². The fraction of sp³-hybridized carbons (Fsp3) is 0. The van der Waals surface area contributed by atoms with Crippen LogP contribution in [0, 0.1) is 17.1 Å². The smallest absolute Gasteiger partial charge is 0.308 e. The summed E-state index contributed by atoms with van der Waals surface area (Å²) in [6, 6.07) is 13.6. The second kappa shape index (κ2) is 5.65. The number of carbonyl (C=O) groups is 1. The number of rotatable bonds is 2. The van der Waals surface area contributed by atoms with Gasteiger partial charge in [0.15, 0.2) is 0 Å². The normalized spacial score (nSPS) is 9.47. The molecule has 4 nitrogen and oxygen atoms in total. The molecule has 2 aromatic rings. The lowest BCUT2D eigenvalue weighted by atomic mass is 10.2. The van der Waals surface area contributed by atoms with Crippen molar-refractivity contribution in [1.29, 1.82) is 5.26 Å². The standard InChI is InChI=1S/C14H10FN3O/c15-11-4-2-6-13(8-11)18-14(19)17-12-5-1-3-10(7-12)9-16/h1-8H,(H2,17,18,19). The van der Waals surface area contributed by atoms with Crippen molar-refractivity contribution in [3.05, 3.63) is 59.9 Å². The van der Waals surface area contributed by atoms with Crippen LogP contribution >= 0.6 is 0 Å². The molecule has 0 saturated carbocycles. The van der Waals surface area contributed by atoms with Crippen molar-refractivity contribution in [1.82, 2.24) is 0 Å². The lowest BCUT2D eigenvalue weighted by molar-refractivity contribution is 0.262. The second-order valence-corrected chi connectivity index (χ2v) is 3.78. The molecule has 0 aliphatic heterocycles. The second-order valence-electron chi connectivity index (χ2n) is 3.78. The Hall–Kier alpha value is -2.87. The van der Waals surface area contributed by atoms with E-state index in [0.29, 0.717) is 16.9 Å².